The SMILES string of the molecule is N#Cc1nccnc1Oc1cc(N)cc(Br)c1. The maximum Gasteiger partial charge on any atom is 0.256 e. The van der Waals surface area contributed by atoms with E-state index in [0.29, 0.717) is 11.4 Å². The quantitative estimate of drug-likeness (QED) is 0.859. The van der Waals surface area contributed by atoms with Crippen LogP contribution in [0, 0.1) is 11.3 Å². The Bertz CT molecular complexity index is 574. The molecule has 0 amide bonds. The predicted octanol–water partition coefficient (Wildman–Crippen LogP) is 2.49. The van der Waals surface area contributed by atoms with Crippen molar-refractivity contribution in [1.82, 2.24) is 9.97 Å². The van der Waals surface area contributed by atoms with Crippen molar-refractivity contribution in [2.24, 2.45) is 0 Å². The summed E-state index contributed by atoms with van der Waals surface area (Å²) >= 11 is 3.30. The van der Waals surface area contributed by atoms with Gasteiger partial charge in [0.15, 0.2) is 0 Å². The number of benzene rings is 1. The lowest BCUT2D eigenvalue weighted by Gasteiger charge is -2.06. The van der Waals surface area contributed by atoms with E-state index < -0.39 is 0 Å². The van der Waals surface area contributed by atoms with Crippen molar-refractivity contribution < 1.29 is 4.74 Å². The average Bonchev–Trinajstić information content (AvgIpc) is 2.28. The predicted molar refractivity (Wildman–Crippen MR) is 65.4 cm³/mol. The Labute approximate surface area is 106 Å². The lowest BCUT2D eigenvalue weighted by atomic mass is 10.3. The zero-order chi connectivity index (χ0) is 12.3. The summed E-state index contributed by atoms with van der Waals surface area (Å²) in [5, 5.41) is 8.84. The van der Waals surface area contributed by atoms with Gasteiger partial charge in [0.1, 0.15) is 11.8 Å². The van der Waals surface area contributed by atoms with Gasteiger partial charge in [-0.15, -0.1) is 0 Å². The molecule has 0 saturated carbocycles. The second-order valence-electron chi connectivity index (χ2n) is 3.14. The monoisotopic (exact) mass is 290 g/mol. The zero-order valence-electron chi connectivity index (χ0n) is 8.59. The molecule has 1 heterocycles. The summed E-state index contributed by atoms with van der Waals surface area (Å²) in [7, 11) is 0. The molecular formula is C11H7BrN4O. The second kappa shape index (κ2) is 4.80. The fourth-order valence-corrected chi connectivity index (χ4v) is 1.72. The Morgan fingerprint density at radius 3 is 2.71 bits per heavy atom. The molecule has 0 atom stereocenters. The summed E-state index contributed by atoms with van der Waals surface area (Å²) in [4.78, 5) is 7.79. The van der Waals surface area contributed by atoms with Crippen LogP contribution >= 0.6 is 15.9 Å². The molecule has 0 spiro atoms. The maximum atomic E-state index is 8.84. The van der Waals surface area contributed by atoms with E-state index in [-0.39, 0.29) is 11.6 Å². The van der Waals surface area contributed by atoms with Crippen molar-refractivity contribution in [3.63, 3.8) is 0 Å². The van der Waals surface area contributed by atoms with Gasteiger partial charge in [-0.25, -0.2) is 9.97 Å². The van der Waals surface area contributed by atoms with Crippen LogP contribution in [0.15, 0.2) is 35.1 Å². The van der Waals surface area contributed by atoms with Gasteiger partial charge in [-0.2, -0.15) is 5.26 Å². The van der Waals surface area contributed by atoms with Crippen LogP contribution in [0.5, 0.6) is 11.6 Å². The Morgan fingerprint density at radius 2 is 2.00 bits per heavy atom. The van der Waals surface area contributed by atoms with Gasteiger partial charge in [-0.3, -0.25) is 0 Å². The van der Waals surface area contributed by atoms with E-state index in [0.717, 1.165) is 4.47 Å². The number of rotatable bonds is 2. The van der Waals surface area contributed by atoms with E-state index in [1.807, 2.05) is 6.07 Å². The molecule has 0 bridgehead atoms. The smallest absolute Gasteiger partial charge is 0.256 e. The van der Waals surface area contributed by atoms with Crippen LogP contribution in [0.1, 0.15) is 5.69 Å². The van der Waals surface area contributed by atoms with Crippen molar-refractivity contribution in [1.29, 1.82) is 5.26 Å². The third-order valence-electron chi connectivity index (χ3n) is 1.88. The molecule has 6 heteroatoms. The molecular weight excluding hydrogens is 284 g/mol. The standard InChI is InChI=1S/C11H7BrN4O/c12-7-3-8(14)5-9(4-7)17-11-10(6-13)15-1-2-16-11/h1-5H,14H2. The minimum absolute atomic E-state index is 0.131. The first-order chi connectivity index (χ1) is 8.19. The minimum Gasteiger partial charge on any atom is -0.436 e. The maximum absolute atomic E-state index is 8.84. The Morgan fingerprint density at radius 1 is 1.24 bits per heavy atom. The summed E-state index contributed by atoms with van der Waals surface area (Å²) in [5.41, 5.74) is 6.36. The largest absolute Gasteiger partial charge is 0.436 e. The van der Waals surface area contributed by atoms with Gasteiger partial charge in [-0.1, -0.05) is 15.9 Å². The minimum atomic E-state index is 0.131. The molecule has 0 aliphatic carbocycles. The topological polar surface area (TPSA) is 84.8 Å². The number of nitrogen functional groups attached to an aromatic ring is 1. The number of hydrogen-bond acceptors (Lipinski definition) is 5. The summed E-state index contributed by atoms with van der Waals surface area (Å²) in [5.74, 6) is 0.654. The van der Waals surface area contributed by atoms with Gasteiger partial charge in [0.25, 0.3) is 5.88 Å². The van der Waals surface area contributed by atoms with E-state index in [1.165, 1.54) is 12.4 Å². The van der Waals surface area contributed by atoms with Crippen molar-refractivity contribution in [2.45, 2.75) is 0 Å². The molecule has 2 N–H and O–H groups in total. The van der Waals surface area contributed by atoms with Gasteiger partial charge in [0.2, 0.25) is 5.69 Å². The molecule has 0 aliphatic rings. The molecule has 1 aromatic carbocycles. The number of aromatic nitrogens is 2. The Kier molecular flexibility index (Phi) is 3.21. The molecule has 5 nitrogen and oxygen atoms in total. The highest BCUT2D eigenvalue weighted by atomic mass is 79.9. The van der Waals surface area contributed by atoms with Gasteiger partial charge < -0.3 is 10.5 Å². The third-order valence-corrected chi connectivity index (χ3v) is 2.34. The fraction of sp³-hybridized carbons (Fsp3) is 0. The van der Waals surface area contributed by atoms with Gasteiger partial charge in [-0.05, 0) is 12.1 Å². The number of anilines is 1. The summed E-state index contributed by atoms with van der Waals surface area (Å²) in [6.45, 7) is 0. The highest BCUT2D eigenvalue weighted by Gasteiger charge is 2.07. The number of hydrogen-bond donors (Lipinski definition) is 1. The average molecular weight is 291 g/mol. The second-order valence-corrected chi connectivity index (χ2v) is 4.06. The van der Waals surface area contributed by atoms with Crippen molar-refractivity contribution in [3.8, 4) is 17.7 Å². The number of nitrogens with zero attached hydrogens (tertiary/aromatic N) is 3. The lowest BCUT2D eigenvalue weighted by Crippen LogP contribution is -1.95. The molecule has 0 saturated heterocycles. The van der Waals surface area contributed by atoms with Crippen LogP contribution in [0.3, 0.4) is 0 Å². The van der Waals surface area contributed by atoms with E-state index in [9.17, 15) is 0 Å². The van der Waals surface area contributed by atoms with E-state index in [1.54, 1.807) is 18.2 Å². The molecule has 0 aliphatic heterocycles. The van der Waals surface area contributed by atoms with E-state index in [2.05, 4.69) is 25.9 Å². The van der Waals surface area contributed by atoms with Crippen molar-refractivity contribution >= 4 is 21.6 Å². The number of ether oxygens (including phenoxy) is 1. The number of halogens is 1. The summed E-state index contributed by atoms with van der Waals surface area (Å²) in [6.07, 6.45) is 2.89. The van der Waals surface area contributed by atoms with Crippen molar-refractivity contribution in [3.05, 3.63) is 40.8 Å². The van der Waals surface area contributed by atoms with Crippen LogP contribution in [-0.2, 0) is 0 Å². The molecule has 2 rings (SSSR count). The molecule has 17 heavy (non-hydrogen) atoms. The van der Waals surface area contributed by atoms with Gasteiger partial charge >= 0.3 is 0 Å². The first-order valence-corrected chi connectivity index (χ1v) is 5.43. The number of nitriles is 1. The molecule has 0 fully saturated rings. The first kappa shape index (κ1) is 11.4. The molecule has 2 aromatic rings. The zero-order valence-corrected chi connectivity index (χ0v) is 10.2. The van der Waals surface area contributed by atoms with E-state index >= 15 is 0 Å². The molecule has 0 unspecified atom stereocenters. The van der Waals surface area contributed by atoms with Crippen LogP contribution < -0.4 is 10.5 Å². The Hall–Kier alpha value is -2.13. The highest BCUT2D eigenvalue weighted by Crippen LogP contribution is 2.27. The van der Waals surface area contributed by atoms with Gasteiger partial charge in [0, 0.05) is 28.6 Å². The van der Waals surface area contributed by atoms with Crippen LogP contribution in [-0.4, -0.2) is 9.97 Å². The molecule has 0 radical (unpaired) electrons. The van der Waals surface area contributed by atoms with E-state index in [4.69, 9.17) is 15.7 Å². The molecule has 1 aromatic heterocycles. The lowest BCUT2D eigenvalue weighted by molar-refractivity contribution is 0.458. The van der Waals surface area contributed by atoms with Crippen molar-refractivity contribution in [2.75, 3.05) is 5.73 Å². The van der Waals surface area contributed by atoms with Crippen LogP contribution in [0.25, 0.3) is 0 Å². The van der Waals surface area contributed by atoms with Crippen LogP contribution in [0.4, 0.5) is 5.69 Å². The van der Waals surface area contributed by atoms with Crippen LogP contribution in [0.2, 0.25) is 0 Å². The molecule has 84 valence electrons. The highest BCUT2D eigenvalue weighted by molar-refractivity contribution is 9.10. The summed E-state index contributed by atoms with van der Waals surface area (Å²) < 4.78 is 6.24. The summed E-state index contributed by atoms with van der Waals surface area (Å²) in [6, 6.07) is 7.02. The van der Waals surface area contributed by atoms with Gasteiger partial charge in [0.05, 0.1) is 0 Å². The fourth-order valence-electron chi connectivity index (χ4n) is 1.23. The number of nitrogens with two attached hydrogens (primary N) is 1. The first-order valence-electron chi connectivity index (χ1n) is 4.64. The third kappa shape index (κ3) is 2.71. The normalized spacial score (nSPS) is 9.65. The Balaban J connectivity index is 2.35.